The minimum Gasteiger partial charge on any atom is -0.497 e. The molecule has 0 aliphatic heterocycles. The van der Waals surface area contributed by atoms with Crippen LogP contribution in [0.2, 0.25) is 10.0 Å². The van der Waals surface area contributed by atoms with Gasteiger partial charge < -0.3 is 20.1 Å². The predicted molar refractivity (Wildman–Crippen MR) is 114 cm³/mol. The fraction of sp³-hybridized carbons (Fsp3) is 0.364. The molecule has 1 saturated carbocycles. The van der Waals surface area contributed by atoms with E-state index in [1.165, 1.54) is 0 Å². The molecule has 0 unspecified atom stereocenters. The number of ether oxygens (including phenoxy) is 1. The number of halogens is 2. The molecule has 0 bridgehead atoms. The van der Waals surface area contributed by atoms with Crippen molar-refractivity contribution in [1.29, 1.82) is 0 Å². The second-order valence-electron chi connectivity index (χ2n) is 7.54. The first-order valence-electron chi connectivity index (χ1n) is 9.54. The van der Waals surface area contributed by atoms with E-state index in [2.05, 4.69) is 10.3 Å². The third-order valence-electron chi connectivity index (χ3n) is 5.78. The molecule has 148 valence electrons. The van der Waals surface area contributed by atoms with Gasteiger partial charge in [0.05, 0.1) is 17.7 Å². The molecule has 28 heavy (non-hydrogen) atoms. The number of H-pyrrole nitrogens is 1. The van der Waals surface area contributed by atoms with Crippen LogP contribution < -0.4 is 10.1 Å². The maximum atomic E-state index is 11.1. The maximum absolute atomic E-state index is 11.1. The second kappa shape index (κ2) is 7.96. The molecule has 4 nitrogen and oxygen atoms in total. The van der Waals surface area contributed by atoms with E-state index >= 15 is 0 Å². The monoisotopic (exact) mass is 418 g/mol. The third-order valence-corrected chi connectivity index (χ3v) is 6.30. The van der Waals surface area contributed by atoms with Crippen molar-refractivity contribution in [3.8, 4) is 5.75 Å². The highest BCUT2D eigenvalue weighted by Gasteiger charge is 2.34. The molecule has 0 atom stereocenters. The Balaban J connectivity index is 1.40. The number of aromatic nitrogens is 1. The lowest BCUT2D eigenvalue weighted by Crippen LogP contribution is -2.39. The number of aromatic amines is 1. The Bertz CT molecular complexity index is 978. The van der Waals surface area contributed by atoms with Gasteiger partial charge in [-0.05, 0) is 61.1 Å². The van der Waals surface area contributed by atoms with Crippen LogP contribution in [0.5, 0.6) is 5.75 Å². The normalized spacial score (nSPS) is 22.5. The highest BCUT2D eigenvalue weighted by Crippen LogP contribution is 2.38. The van der Waals surface area contributed by atoms with Crippen molar-refractivity contribution in [3.05, 3.63) is 63.8 Å². The SMILES string of the molecule is COc1cccc(C2(O)CCC(NCc3c[nH]c4cc(Cl)cc(Cl)c34)CC2)c1. The zero-order chi connectivity index (χ0) is 19.7. The van der Waals surface area contributed by atoms with E-state index in [4.69, 9.17) is 27.9 Å². The Kier molecular flexibility index (Phi) is 5.57. The van der Waals surface area contributed by atoms with Gasteiger partial charge in [-0.25, -0.2) is 0 Å². The van der Waals surface area contributed by atoms with E-state index < -0.39 is 5.60 Å². The molecule has 6 heteroatoms. The summed E-state index contributed by atoms with van der Waals surface area (Å²) in [5.74, 6) is 0.780. The van der Waals surface area contributed by atoms with Crippen LogP contribution in [0.1, 0.15) is 36.8 Å². The number of hydrogen-bond donors (Lipinski definition) is 3. The summed E-state index contributed by atoms with van der Waals surface area (Å²) < 4.78 is 5.30. The molecule has 1 aromatic heterocycles. The molecule has 1 fully saturated rings. The molecule has 1 aliphatic carbocycles. The minimum atomic E-state index is -0.784. The molecular formula is C22H24Cl2N2O2. The molecule has 4 rings (SSSR count). The summed E-state index contributed by atoms with van der Waals surface area (Å²) in [5, 5.41) is 17.0. The Hall–Kier alpha value is -1.72. The van der Waals surface area contributed by atoms with Gasteiger partial charge in [-0.3, -0.25) is 0 Å². The number of fused-ring (bicyclic) bond motifs is 1. The highest BCUT2D eigenvalue weighted by molar-refractivity contribution is 6.38. The Labute approximate surface area is 174 Å². The second-order valence-corrected chi connectivity index (χ2v) is 8.39. The predicted octanol–water partition coefficient (Wildman–Crippen LogP) is 5.40. The largest absolute Gasteiger partial charge is 0.497 e. The van der Waals surface area contributed by atoms with E-state index in [-0.39, 0.29) is 0 Å². The van der Waals surface area contributed by atoms with Crippen LogP contribution in [0.3, 0.4) is 0 Å². The van der Waals surface area contributed by atoms with Gasteiger partial charge in [-0.2, -0.15) is 0 Å². The van der Waals surface area contributed by atoms with Crippen molar-refractivity contribution in [2.24, 2.45) is 0 Å². The van der Waals surface area contributed by atoms with Gasteiger partial charge in [-0.1, -0.05) is 35.3 Å². The summed E-state index contributed by atoms with van der Waals surface area (Å²) in [6.45, 7) is 0.726. The number of nitrogens with one attached hydrogen (secondary N) is 2. The summed E-state index contributed by atoms with van der Waals surface area (Å²) >= 11 is 12.5. The summed E-state index contributed by atoms with van der Waals surface area (Å²) in [6, 6.07) is 11.8. The standard InChI is InChI=1S/C22H24Cl2N2O2/c1-28-18-4-2-3-15(9-18)22(27)7-5-17(6-8-22)25-12-14-13-26-20-11-16(23)10-19(24)21(14)20/h2-4,9-11,13,17,25-27H,5-8,12H2,1H3. The molecule has 0 amide bonds. The zero-order valence-corrected chi connectivity index (χ0v) is 17.3. The summed E-state index contributed by atoms with van der Waals surface area (Å²) in [4.78, 5) is 3.24. The lowest BCUT2D eigenvalue weighted by atomic mass is 9.77. The fourth-order valence-corrected chi connectivity index (χ4v) is 4.76. The van der Waals surface area contributed by atoms with Crippen molar-refractivity contribution in [2.45, 2.75) is 43.9 Å². The van der Waals surface area contributed by atoms with Crippen molar-refractivity contribution in [1.82, 2.24) is 10.3 Å². The average molecular weight is 419 g/mol. The van der Waals surface area contributed by atoms with Gasteiger partial charge in [-0.15, -0.1) is 0 Å². The van der Waals surface area contributed by atoms with Crippen LogP contribution >= 0.6 is 23.2 Å². The first-order chi connectivity index (χ1) is 13.5. The topological polar surface area (TPSA) is 57.3 Å². The van der Waals surface area contributed by atoms with Crippen LogP contribution in [0.15, 0.2) is 42.6 Å². The van der Waals surface area contributed by atoms with Crippen molar-refractivity contribution >= 4 is 34.1 Å². The number of benzene rings is 2. The Morgan fingerprint density at radius 2 is 2.00 bits per heavy atom. The summed E-state index contributed by atoms with van der Waals surface area (Å²) in [6.07, 6.45) is 5.25. The first kappa shape index (κ1) is 19.6. The average Bonchev–Trinajstić information content (AvgIpc) is 3.11. The number of rotatable bonds is 5. The van der Waals surface area contributed by atoms with Gasteiger partial charge in [0.1, 0.15) is 5.75 Å². The molecule has 2 aromatic carbocycles. The van der Waals surface area contributed by atoms with Crippen LogP contribution in [0.25, 0.3) is 10.9 Å². The third kappa shape index (κ3) is 3.87. The Morgan fingerprint density at radius 1 is 1.21 bits per heavy atom. The molecule has 3 N–H and O–H groups in total. The van der Waals surface area contributed by atoms with Gasteiger partial charge in [0.2, 0.25) is 0 Å². The van der Waals surface area contributed by atoms with Crippen LogP contribution in [-0.2, 0) is 12.1 Å². The Morgan fingerprint density at radius 3 is 2.75 bits per heavy atom. The molecule has 0 spiro atoms. The number of methoxy groups -OCH3 is 1. The van der Waals surface area contributed by atoms with Gasteiger partial charge in [0.15, 0.2) is 0 Å². The molecule has 0 radical (unpaired) electrons. The molecule has 0 saturated heterocycles. The van der Waals surface area contributed by atoms with Crippen molar-refractivity contribution < 1.29 is 9.84 Å². The summed E-state index contributed by atoms with van der Waals surface area (Å²) in [7, 11) is 1.65. The van der Waals surface area contributed by atoms with Gasteiger partial charge >= 0.3 is 0 Å². The van der Waals surface area contributed by atoms with E-state index in [1.54, 1.807) is 13.2 Å². The first-order valence-corrected chi connectivity index (χ1v) is 10.3. The minimum absolute atomic E-state index is 0.363. The lowest BCUT2D eigenvalue weighted by Gasteiger charge is -2.37. The molecule has 3 aromatic rings. The molecule has 1 aliphatic rings. The van der Waals surface area contributed by atoms with Crippen LogP contribution in [0.4, 0.5) is 0 Å². The number of hydrogen-bond acceptors (Lipinski definition) is 3. The van der Waals surface area contributed by atoms with Crippen LogP contribution in [-0.4, -0.2) is 23.2 Å². The van der Waals surface area contributed by atoms with E-state index in [9.17, 15) is 5.11 Å². The highest BCUT2D eigenvalue weighted by atomic mass is 35.5. The maximum Gasteiger partial charge on any atom is 0.119 e. The molecule has 1 heterocycles. The van der Waals surface area contributed by atoms with Crippen LogP contribution in [0, 0.1) is 0 Å². The van der Waals surface area contributed by atoms with E-state index in [0.29, 0.717) is 16.1 Å². The smallest absolute Gasteiger partial charge is 0.119 e. The van der Waals surface area contributed by atoms with Crippen molar-refractivity contribution in [2.75, 3.05) is 7.11 Å². The molecular weight excluding hydrogens is 395 g/mol. The lowest BCUT2D eigenvalue weighted by molar-refractivity contribution is -0.00861. The fourth-order valence-electron chi connectivity index (χ4n) is 4.15. The quantitative estimate of drug-likeness (QED) is 0.519. The number of aliphatic hydroxyl groups is 1. The zero-order valence-electron chi connectivity index (χ0n) is 15.8. The van der Waals surface area contributed by atoms with Gasteiger partial charge in [0.25, 0.3) is 0 Å². The van der Waals surface area contributed by atoms with E-state index in [1.807, 2.05) is 36.5 Å². The van der Waals surface area contributed by atoms with E-state index in [0.717, 1.165) is 60.0 Å². The van der Waals surface area contributed by atoms with Gasteiger partial charge in [0, 0.05) is 34.7 Å². The van der Waals surface area contributed by atoms with Crippen molar-refractivity contribution in [3.63, 3.8) is 0 Å². The summed E-state index contributed by atoms with van der Waals surface area (Å²) in [5.41, 5.74) is 2.23.